The first-order chi connectivity index (χ1) is 9.49. The molecule has 2 rings (SSSR count). The predicted octanol–water partition coefficient (Wildman–Crippen LogP) is 4.74. The Kier molecular flexibility index (Phi) is 5.14. The molecule has 3 nitrogen and oxygen atoms in total. The second-order valence-corrected chi connectivity index (χ2v) is 7.07. The fourth-order valence-corrected chi connectivity index (χ4v) is 3.70. The van der Waals surface area contributed by atoms with E-state index in [0.29, 0.717) is 17.5 Å². The number of nitrogens with zero attached hydrogens (tertiary/aromatic N) is 2. The number of nitrogens with one attached hydrogen (secondary N) is 1. The van der Waals surface area contributed by atoms with Gasteiger partial charge in [0.05, 0.1) is 23.0 Å². The van der Waals surface area contributed by atoms with Crippen molar-refractivity contribution >= 4 is 11.6 Å². The van der Waals surface area contributed by atoms with Crippen LogP contribution in [0.5, 0.6) is 0 Å². The van der Waals surface area contributed by atoms with Crippen LogP contribution in [0.15, 0.2) is 6.20 Å². The molecular weight excluding hydrogens is 270 g/mol. The average Bonchev–Trinajstić information content (AvgIpc) is 2.98. The molecule has 1 fully saturated rings. The summed E-state index contributed by atoms with van der Waals surface area (Å²) in [5.41, 5.74) is 1.48. The van der Waals surface area contributed by atoms with Gasteiger partial charge in [0.2, 0.25) is 0 Å². The number of rotatable bonds is 6. The van der Waals surface area contributed by atoms with Crippen LogP contribution in [0.4, 0.5) is 0 Å². The van der Waals surface area contributed by atoms with Gasteiger partial charge in [-0.15, -0.1) is 0 Å². The second-order valence-electron chi connectivity index (χ2n) is 6.66. The summed E-state index contributed by atoms with van der Waals surface area (Å²) in [7, 11) is 0. The van der Waals surface area contributed by atoms with Gasteiger partial charge in [0, 0.05) is 6.04 Å². The summed E-state index contributed by atoms with van der Waals surface area (Å²) in [4.78, 5) is 0. The Morgan fingerprint density at radius 2 is 2.05 bits per heavy atom. The Morgan fingerprint density at radius 1 is 1.40 bits per heavy atom. The Balaban J connectivity index is 2.38. The standard InChI is InChI=1S/C16H28ClN3/c1-5-10-18-15(16(4)8-6-7-9-16)14-13(17)11-19-20(14)12(2)3/h11-12,15,18H,5-10H2,1-4H3. The topological polar surface area (TPSA) is 29.9 Å². The van der Waals surface area contributed by atoms with E-state index in [0.717, 1.165) is 18.0 Å². The van der Waals surface area contributed by atoms with E-state index in [-0.39, 0.29) is 0 Å². The van der Waals surface area contributed by atoms with Gasteiger partial charge in [-0.1, -0.05) is 38.3 Å². The van der Waals surface area contributed by atoms with E-state index >= 15 is 0 Å². The molecule has 0 spiro atoms. The third kappa shape index (κ3) is 3.04. The molecule has 0 aromatic carbocycles. The van der Waals surface area contributed by atoms with Crippen molar-refractivity contribution in [2.24, 2.45) is 5.41 Å². The molecular formula is C16H28ClN3. The first-order valence-electron chi connectivity index (χ1n) is 7.96. The molecule has 0 bridgehead atoms. The maximum Gasteiger partial charge on any atom is 0.0834 e. The van der Waals surface area contributed by atoms with Crippen molar-refractivity contribution in [3.63, 3.8) is 0 Å². The molecule has 1 aromatic heterocycles. The van der Waals surface area contributed by atoms with E-state index in [1.165, 1.54) is 31.4 Å². The summed E-state index contributed by atoms with van der Waals surface area (Å²) < 4.78 is 2.10. The smallest absolute Gasteiger partial charge is 0.0834 e. The number of aromatic nitrogens is 2. The van der Waals surface area contributed by atoms with Gasteiger partial charge < -0.3 is 5.32 Å². The Bertz CT molecular complexity index is 433. The summed E-state index contributed by atoms with van der Waals surface area (Å²) in [5, 5.41) is 9.04. The lowest BCUT2D eigenvalue weighted by atomic mass is 9.78. The zero-order valence-electron chi connectivity index (χ0n) is 13.2. The molecule has 1 saturated carbocycles. The highest BCUT2D eigenvalue weighted by molar-refractivity contribution is 6.31. The normalized spacial score (nSPS) is 19.7. The first-order valence-corrected chi connectivity index (χ1v) is 8.33. The van der Waals surface area contributed by atoms with Crippen LogP contribution in [0.25, 0.3) is 0 Å². The summed E-state index contributed by atoms with van der Waals surface area (Å²) in [6.07, 6.45) is 8.14. The lowest BCUT2D eigenvalue weighted by Gasteiger charge is -2.36. The number of halogens is 1. The van der Waals surface area contributed by atoms with Crippen molar-refractivity contribution in [2.45, 2.75) is 71.9 Å². The quantitative estimate of drug-likeness (QED) is 0.822. The maximum absolute atomic E-state index is 6.48. The summed E-state index contributed by atoms with van der Waals surface area (Å²) in [5.74, 6) is 0. The van der Waals surface area contributed by atoms with Crippen LogP contribution >= 0.6 is 11.6 Å². The summed E-state index contributed by atoms with van der Waals surface area (Å²) in [6.45, 7) is 9.98. The van der Waals surface area contributed by atoms with E-state index in [2.05, 4.69) is 42.8 Å². The molecule has 1 N–H and O–H groups in total. The molecule has 1 aliphatic rings. The van der Waals surface area contributed by atoms with Gasteiger partial charge in [0.15, 0.2) is 0 Å². The average molecular weight is 298 g/mol. The van der Waals surface area contributed by atoms with Crippen molar-refractivity contribution in [3.8, 4) is 0 Å². The molecule has 4 heteroatoms. The molecule has 1 aromatic rings. The van der Waals surface area contributed by atoms with Crippen molar-refractivity contribution in [1.82, 2.24) is 15.1 Å². The van der Waals surface area contributed by atoms with Crippen LogP contribution in [0, 0.1) is 5.41 Å². The van der Waals surface area contributed by atoms with Crippen molar-refractivity contribution in [3.05, 3.63) is 16.9 Å². The highest BCUT2D eigenvalue weighted by Crippen LogP contribution is 2.48. The Hall–Kier alpha value is -0.540. The van der Waals surface area contributed by atoms with Crippen molar-refractivity contribution < 1.29 is 0 Å². The SMILES string of the molecule is CCCNC(c1c(Cl)cnn1C(C)C)C1(C)CCCC1. The third-order valence-electron chi connectivity index (χ3n) is 4.59. The van der Waals surface area contributed by atoms with Gasteiger partial charge >= 0.3 is 0 Å². The maximum atomic E-state index is 6.48. The molecule has 1 atom stereocenters. The zero-order valence-corrected chi connectivity index (χ0v) is 14.0. The third-order valence-corrected chi connectivity index (χ3v) is 4.88. The molecule has 1 aliphatic carbocycles. The Labute approximate surface area is 128 Å². The van der Waals surface area contributed by atoms with Crippen LogP contribution in [0.1, 0.15) is 77.6 Å². The van der Waals surface area contributed by atoms with E-state index in [1.807, 2.05) is 0 Å². The van der Waals surface area contributed by atoms with Gasteiger partial charge in [-0.3, -0.25) is 4.68 Å². The molecule has 0 radical (unpaired) electrons. The van der Waals surface area contributed by atoms with Gasteiger partial charge in [-0.05, 0) is 45.1 Å². The molecule has 1 unspecified atom stereocenters. The van der Waals surface area contributed by atoms with Gasteiger partial charge in [0.1, 0.15) is 0 Å². The fourth-order valence-electron chi connectivity index (χ4n) is 3.47. The predicted molar refractivity (Wildman–Crippen MR) is 85.2 cm³/mol. The lowest BCUT2D eigenvalue weighted by Crippen LogP contribution is -2.37. The largest absolute Gasteiger partial charge is 0.308 e. The minimum absolute atomic E-state index is 0.297. The van der Waals surface area contributed by atoms with E-state index in [9.17, 15) is 0 Å². The molecule has 0 aliphatic heterocycles. The molecule has 0 saturated heterocycles. The van der Waals surface area contributed by atoms with Crippen LogP contribution in [-0.2, 0) is 0 Å². The minimum Gasteiger partial charge on any atom is -0.308 e. The fraction of sp³-hybridized carbons (Fsp3) is 0.812. The Morgan fingerprint density at radius 3 is 2.60 bits per heavy atom. The van der Waals surface area contributed by atoms with Gasteiger partial charge in [-0.25, -0.2) is 0 Å². The molecule has 0 amide bonds. The van der Waals surface area contributed by atoms with Gasteiger partial charge in [0.25, 0.3) is 0 Å². The van der Waals surface area contributed by atoms with Crippen LogP contribution in [0.3, 0.4) is 0 Å². The second kappa shape index (κ2) is 6.48. The first kappa shape index (κ1) is 15.8. The van der Waals surface area contributed by atoms with Crippen molar-refractivity contribution in [1.29, 1.82) is 0 Å². The summed E-state index contributed by atoms with van der Waals surface area (Å²) >= 11 is 6.48. The van der Waals surface area contributed by atoms with Crippen LogP contribution < -0.4 is 5.32 Å². The molecule has 114 valence electrons. The zero-order chi connectivity index (χ0) is 14.8. The van der Waals surface area contributed by atoms with Gasteiger partial charge in [-0.2, -0.15) is 5.10 Å². The van der Waals surface area contributed by atoms with E-state index in [4.69, 9.17) is 11.6 Å². The molecule has 20 heavy (non-hydrogen) atoms. The highest BCUT2D eigenvalue weighted by Gasteiger charge is 2.40. The molecule has 1 heterocycles. The van der Waals surface area contributed by atoms with E-state index < -0.39 is 0 Å². The lowest BCUT2D eigenvalue weighted by molar-refractivity contribution is 0.210. The number of hydrogen-bond acceptors (Lipinski definition) is 2. The van der Waals surface area contributed by atoms with Crippen LogP contribution in [-0.4, -0.2) is 16.3 Å². The highest BCUT2D eigenvalue weighted by atomic mass is 35.5. The minimum atomic E-state index is 0.297. The van der Waals surface area contributed by atoms with Crippen molar-refractivity contribution in [2.75, 3.05) is 6.54 Å². The van der Waals surface area contributed by atoms with Crippen LogP contribution in [0.2, 0.25) is 5.02 Å². The number of hydrogen-bond donors (Lipinski definition) is 1. The van der Waals surface area contributed by atoms with E-state index in [1.54, 1.807) is 6.20 Å². The summed E-state index contributed by atoms with van der Waals surface area (Å²) in [6, 6.07) is 0.649. The monoisotopic (exact) mass is 297 g/mol.